The molecule has 1 heterocycles. The lowest BCUT2D eigenvalue weighted by Gasteiger charge is -2.43. The number of likely N-dealkylation sites (tertiary alicyclic amines) is 1. The van der Waals surface area contributed by atoms with Gasteiger partial charge in [0.2, 0.25) is 0 Å². The molecule has 0 bridgehead atoms. The van der Waals surface area contributed by atoms with Crippen molar-refractivity contribution in [2.45, 2.75) is 64.8 Å². The van der Waals surface area contributed by atoms with E-state index in [-0.39, 0.29) is 0 Å². The third-order valence-electron chi connectivity index (χ3n) is 5.06. The molecule has 0 aromatic carbocycles. The van der Waals surface area contributed by atoms with Crippen LogP contribution in [0.25, 0.3) is 0 Å². The minimum Gasteiger partial charge on any atom is -0.411 e. The van der Waals surface area contributed by atoms with Crippen LogP contribution in [0, 0.1) is 11.8 Å². The summed E-state index contributed by atoms with van der Waals surface area (Å²) in [4.78, 5) is 2.69. The Bertz CT molecular complexity index is 290. The number of hydrogen-bond donors (Lipinski definition) is 1. The average molecular weight is 252 g/mol. The van der Waals surface area contributed by atoms with E-state index >= 15 is 0 Å². The van der Waals surface area contributed by atoms with Crippen LogP contribution in [0.2, 0.25) is 0 Å². The maximum atomic E-state index is 9.06. The fourth-order valence-electron chi connectivity index (χ4n) is 3.88. The Balaban J connectivity index is 2.00. The lowest BCUT2D eigenvalue weighted by atomic mass is 9.80. The summed E-state index contributed by atoms with van der Waals surface area (Å²) in [5.41, 5.74) is 1.03. The SMILES string of the molecule is CCC1CN(C2CCCCC2CC)CCC1=NO. The Morgan fingerprint density at radius 1 is 1.22 bits per heavy atom. The molecule has 0 radical (unpaired) electrons. The molecule has 0 aromatic heterocycles. The zero-order chi connectivity index (χ0) is 13.0. The quantitative estimate of drug-likeness (QED) is 0.616. The van der Waals surface area contributed by atoms with E-state index in [1.165, 1.54) is 32.1 Å². The molecule has 3 heteroatoms. The van der Waals surface area contributed by atoms with Crippen molar-refractivity contribution >= 4 is 5.71 Å². The summed E-state index contributed by atoms with van der Waals surface area (Å²) in [7, 11) is 0. The molecule has 3 nitrogen and oxygen atoms in total. The van der Waals surface area contributed by atoms with Crippen LogP contribution < -0.4 is 0 Å². The van der Waals surface area contributed by atoms with Crippen LogP contribution in [-0.4, -0.2) is 35.0 Å². The molecule has 3 unspecified atom stereocenters. The van der Waals surface area contributed by atoms with Crippen LogP contribution in [0.3, 0.4) is 0 Å². The van der Waals surface area contributed by atoms with Crippen molar-refractivity contribution in [1.29, 1.82) is 0 Å². The molecule has 0 amide bonds. The van der Waals surface area contributed by atoms with E-state index in [1.807, 2.05) is 0 Å². The van der Waals surface area contributed by atoms with Crippen LogP contribution in [0.1, 0.15) is 58.8 Å². The average Bonchev–Trinajstić information content (AvgIpc) is 2.46. The molecule has 3 atom stereocenters. The summed E-state index contributed by atoms with van der Waals surface area (Å²) in [6, 6.07) is 0.790. The molecule has 1 aliphatic heterocycles. The molecule has 0 aromatic rings. The van der Waals surface area contributed by atoms with Gasteiger partial charge in [-0.05, 0) is 25.2 Å². The third-order valence-corrected chi connectivity index (χ3v) is 5.06. The normalized spacial score (nSPS) is 37.0. The van der Waals surface area contributed by atoms with Gasteiger partial charge in [-0.15, -0.1) is 0 Å². The molecule has 0 spiro atoms. The summed E-state index contributed by atoms with van der Waals surface area (Å²) in [6.07, 6.45) is 8.98. The first-order chi connectivity index (χ1) is 8.80. The van der Waals surface area contributed by atoms with Crippen molar-refractivity contribution in [3.8, 4) is 0 Å². The molecule has 2 rings (SSSR count). The second-order valence-corrected chi connectivity index (χ2v) is 5.96. The lowest BCUT2D eigenvalue weighted by molar-refractivity contribution is 0.0853. The molecular weight excluding hydrogens is 224 g/mol. The second kappa shape index (κ2) is 6.55. The molecule has 2 aliphatic rings. The lowest BCUT2D eigenvalue weighted by Crippen LogP contribution is -2.49. The van der Waals surface area contributed by atoms with Crippen molar-refractivity contribution in [1.82, 2.24) is 4.90 Å². The minimum atomic E-state index is 0.475. The number of piperidine rings is 1. The van der Waals surface area contributed by atoms with Crippen LogP contribution in [0.15, 0.2) is 5.16 Å². The largest absolute Gasteiger partial charge is 0.411 e. The van der Waals surface area contributed by atoms with E-state index in [4.69, 9.17) is 5.21 Å². The summed E-state index contributed by atoms with van der Waals surface area (Å²) in [6.45, 7) is 6.75. The van der Waals surface area contributed by atoms with Gasteiger partial charge in [-0.1, -0.05) is 38.3 Å². The van der Waals surface area contributed by atoms with E-state index < -0.39 is 0 Å². The third kappa shape index (κ3) is 2.87. The highest BCUT2D eigenvalue weighted by atomic mass is 16.4. The summed E-state index contributed by atoms with van der Waals surface area (Å²) < 4.78 is 0. The molecule has 104 valence electrons. The zero-order valence-electron chi connectivity index (χ0n) is 11.9. The Labute approximate surface area is 111 Å². The van der Waals surface area contributed by atoms with Crippen LogP contribution >= 0.6 is 0 Å². The van der Waals surface area contributed by atoms with Gasteiger partial charge in [-0.25, -0.2) is 0 Å². The Morgan fingerprint density at radius 2 is 2.00 bits per heavy atom. The van der Waals surface area contributed by atoms with Crippen molar-refractivity contribution in [3.63, 3.8) is 0 Å². The van der Waals surface area contributed by atoms with Crippen molar-refractivity contribution in [2.24, 2.45) is 17.0 Å². The van der Waals surface area contributed by atoms with Crippen LogP contribution in [-0.2, 0) is 0 Å². The highest BCUT2D eigenvalue weighted by molar-refractivity contribution is 5.87. The number of nitrogens with zero attached hydrogens (tertiary/aromatic N) is 2. The molecule has 18 heavy (non-hydrogen) atoms. The van der Waals surface area contributed by atoms with Crippen molar-refractivity contribution in [3.05, 3.63) is 0 Å². The Morgan fingerprint density at radius 3 is 2.67 bits per heavy atom. The maximum absolute atomic E-state index is 9.06. The van der Waals surface area contributed by atoms with Gasteiger partial charge in [-0.2, -0.15) is 0 Å². The molecular formula is C15H28N2O. The Hall–Kier alpha value is -0.570. The van der Waals surface area contributed by atoms with Gasteiger partial charge in [0, 0.05) is 31.5 Å². The van der Waals surface area contributed by atoms with Crippen LogP contribution in [0.5, 0.6) is 0 Å². The molecule has 1 aliphatic carbocycles. The number of rotatable bonds is 3. The molecule has 1 saturated heterocycles. The van der Waals surface area contributed by atoms with Crippen molar-refractivity contribution in [2.75, 3.05) is 13.1 Å². The van der Waals surface area contributed by atoms with E-state index in [9.17, 15) is 0 Å². The van der Waals surface area contributed by atoms with Gasteiger partial charge in [0.05, 0.1) is 5.71 Å². The number of oxime groups is 1. The van der Waals surface area contributed by atoms with Gasteiger partial charge in [0.25, 0.3) is 0 Å². The standard InChI is InChI=1S/C15H28N2O/c1-3-12-7-5-6-8-15(12)17-10-9-14(16-18)13(4-2)11-17/h12-13,15,18H,3-11H2,1-2H3. The Kier molecular flexibility index (Phi) is 5.04. The van der Waals surface area contributed by atoms with E-state index in [0.29, 0.717) is 5.92 Å². The first-order valence-electron chi connectivity index (χ1n) is 7.75. The van der Waals surface area contributed by atoms with E-state index in [0.717, 1.165) is 43.6 Å². The predicted molar refractivity (Wildman–Crippen MR) is 75.2 cm³/mol. The monoisotopic (exact) mass is 252 g/mol. The van der Waals surface area contributed by atoms with E-state index in [2.05, 4.69) is 23.9 Å². The van der Waals surface area contributed by atoms with Gasteiger partial charge < -0.3 is 5.21 Å². The maximum Gasteiger partial charge on any atom is 0.0627 e. The topological polar surface area (TPSA) is 35.8 Å². The fourth-order valence-corrected chi connectivity index (χ4v) is 3.88. The molecule has 1 saturated carbocycles. The highest BCUT2D eigenvalue weighted by Gasteiger charge is 2.33. The number of hydrogen-bond acceptors (Lipinski definition) is 3. The van der Waals surface area contributed by atoms with Gasteiger partial charge >= 0.3 is 0 Å². The van der Waals surface area contributed by atoms with Gasteiger partial charge in [0.15, 0.2) is 0 Å². The zero-order valence-corrected chi connectivity index (χ0v) is 11.9. The summed E-state index contributed by atoms with van der Waals surface area (Å²) in [5, 5.41) is 12.6. The van der Waals surface area contributed by atoms with Gasteiger partial charge in [0.1, 0.15) is 0 Å². The molecule has 1 N–H and O–H groups in total. The van der Waals surface area contributed by atoms with Crippen molar-refractivity contribution < 1.29 is 5.21 Å². The summed E-state index contributed by atoms with van der Waals surface area (Å²) >= 11 is 0. The van der Waals surface area contributed by atoms with Crippen LogP contribution in [0.4, 0.5) is 0 Å². The first-order valence-corrected chi connectivity index (χ1v) is 7.75. The highest BCUT2D eigenvalue weighted by Crippen LogP contribution is 2.33. The smallest absolute Gasteiger partial charge is 0.0627 e. The first kappa shape index (κ1) is 13.9. The predicted octanol–water partition coefficient (Wildman–Crippen LogP) is 3.52. The fraction of sp³-hybridized carbons (Fsp3) is 0.933. The molecule has 2 fully saturated rings. The van der Waals surface area contributed by atoms with Gasteiger partial charge in [-0.3, -0.25) is 4.90 Å². The minimum absolute atomic E-state index is 0.475. The summed E-state index contributed by atoms with van der Waals surface area (Å²) in [5.74, 6) is 1.37. The van der Waals surface area contributed by atoms with E-state index in [1.54, 1.807) is 0 Å². The second-order valence-electron chi connectivity index (χ2n) is 5.96.